The first-order valence-corrected chi connectivity index (χ1v) is 7.66. The second kappa shape index (κ2) is 7.87. The van der Waals surface area contributed by atoms with Crippen molar-refractivity contribution in [1.82, 2.24) is 4.90 Å². The number of nitrogens with zero attached hydrogens (tertiary/aromatic N) is 1. The van der Waals surface area contributed by atoms with E-state index in [1.807, 2.05) is 13.0 Å². The number of hydrogen-bond donors (Lipinski definition) is 0. The quantitative estimate of drug-likeness (QED) is 0.584. The first kappa shape index (κ1) is 16.4. The van der Waals surface area contributed by atoms with Gasteiger partial charge in [-0.3, -0.25) is 4.79 Å². The van der Waals surface area contributed by atoms with Crippen molar-refractivity contribution in [2.45, 2.75) is 45.2 Å². The number of amides is 1. The molecular weight excluding hydrogens is 284 g/mol. The van der Waals surface area contributed by atoms with Crippen LogP contribution in [0.3, 0.4) is 0 Å². The number of allylic oxidation sites excluding steroid dienone is 3. The van der Waals surface area contributed by atoms with Crippen LogP contribution in [0, 0.1) is 11.6 Å². The summed E-state index contributed by atoms with van der Waals surface area (Å²) in [5, 5.41) is 0. The molecule has 1 amide bonds. The summed E-state index contributed by atoms with van der Waals surface area (Å²) in [5.41, 5.74) is -0.0396. The summed E-state index contributed by atoms with van der Waals surface area (Å²) >= 11 is 0. The molecule has 1 aromatic carbocycles. The predicted octanol–water partition coefficient (Wildman–Crippen LogP) is 4.37. The van der Waals surface area contributed by atoms with E-state index in [-0.39, 0.29) is 24.1 Å². The monoisotopic (exact) mass is 305 g/mol. The summed E-state index contributed by atoms with van der Waals surface area (Å²) in [6.45, 7) is 1.83. The lowest BCUT2D eigenvalue weighted by Gasteiger charge is -2.28. The average Bonchev–Trinajstić information content (AvgIpc) is 3.01. The van der Waals surface area contributed by atoms with Gasteiger partial charge in [0.05, 0.1) is 6.54 Å². The topological polar surface area (TPSA) is 20.3 Å². The molecule has 1 fully saturated rings. The molecule has 1 saturated carbocycles. The van der Waals surface area contributed by atoms with Gasteiger partial charge in [0.15, 0.2) is 0 Å². The first-order chi connectivity index (χ1) is 10.6. The minimum Gasteiger partial charge on any atom is -0.332 e. The van der Waals surface area contributed by atoms with Crippen molar-refractivity contribution in [1.29, 1.82) is 0 Å². The zero-order valence-electron chi connectivity index (χ0n) is 12.8. The number of halogens is 2. The highest BCUT2D eigenvalue weighted by Crippen LogP contribution is 2.26. The van der Waals surface area contributed by atoms with E-state index < -0.39 is 11.6 Å². The molecule has 1 aliphatic carbocycles. The van der Waals surface area contributed by atoms with Crippen LogP contribution in [0.25, 0.3) is 0 Å². The van der Waals surface area contributed by atoms with E-state index in [9.17, 15) is 13.6 Å². The molecule has 0 N–H and O–H groups in total. The van der Waals surface area contributed by atoms with Crippen molar-refractivity contribution in [3.05, 3.63) is 59.7 Å². The molecule has 1 aromatic rings. The highest BCUT2D eigenvalue weighted by molar-refractivity contribution is 5.88. The van der Waals surface area contributed by atoms with Crippen LogP contribution in [0.4, 0.5) is 8.78 Å². The van der Waals surface area contributed by atoms with E-state index in [1.54, 1.807) is 17.1 Å². The van der Waals surface area contributed by atoms with Crippen LogP contribution < -0.4 is 0 Å². The average molecular weight is 305 g/mol. The molecule has 0 heterocycles. The fourth-order valence-corrected chi connectivity index (χ4v) is 2.80. The second-order valence-corrected chi connectivity index (χ2v) is 5.49. The SMILES string of the molecule is C/C=C/C=CC(=O)N(Cc1c(F)cccc1F)C1CCCC1. The zero-order chi connectivity index (χ0) is 15.9. The molecule has 2 nitrogen and oxygen atoms in total. The molecule has 0 unspecified atom stereocenters. The van der Waals surface area contributed by atoms with E-state index in [4.69, 9.17) is 0 Å². The van der Waals surface area contributed by atoms with Gasteiger partial charge < -0.3 is 4.90 Å². The Morgan fingerprint density at radius 3 is 2.45 bits per heavy atom. The van der Waals surface area contributed by atoms with Gasteiger partial charge in [0.2, 0.25) is 5.91 Å². The fourth-order valence-electron chi connectivity index (χ4n) is 2.80. The Balaban J connectivity index is 2.22. The number of carbonyl (C=O) groups excluding carboxylic acids is 1. The van der Waals surface area contributed by atoms with Gasteiger partial charge in [-0.2, -0.15) is 0 Å². The van der Waals surface area contributed by atoms with E-state index in [0.717, 1.165) is 25.7 Å². The molecule has 0 aromatic heterocycles. The molecule has 4 heteroatoms. The summed E-state index contributed by atoms with van der Waals surface area (Å²) in [7, 11) is 0. The predicted molar refractivity (Wildman–Crippen MR) is 83.1 cm³/mol. The van der Waals surface area contributed by atoms with Crippen LogP contribution in [-0.2, 0) is 11.3 Å². The molecule has 0 atom stereocenters. The van der Waals surface area contributed by atoms with Crippen LogP contribution in [0.1, 0.15) is 38.2 Å². The minimum atomic E-state index is -0.603. The normalized spacial score (nSPS) is 16.0. The lowest BCUT2D eigenvalue weighted by molar-refractivity contribution is -0.128. The van der Waals surface area contributed by atoms with Crippen LogP contribution in [0.2, 0.25) is 0 Å². The molecule has 22 heavy (non-hydrogen) atoms. The van der Waals surface area contributed by atoms with Crippen molar-refractivity contribution in [2.24, 2.45) is 0 Å². The Bertz CT molecular complexity index is 554. The van der Waals surface area contributed by atoms with E-state index in [1.165, 1.54) is 24.3 Å². The molecule has 0 radical (unpaired) electrons. The number of hydrogen-bond acceptors (Lipinski definition) is 1. The Morgan fingerprint density at radius 2 is 1.86 bits per heavy atom. The van der Waals surface area contributed by atoms with Crippen molar-refractivity contribution in [3.63, 3.8) is 0 Å². The van der Waals surface area contributed by atoms with Crippen molar-refractivity contribution in [2.75, 3.05) is 0 Å². The molecule has 0 spiro atoms. The summed E-state index contributed by atoms with van der Waals surface area (Å²) in [4.78, 5) is 14.0. The number of benzene rings is 1. The van der Waals surface area contributed by atoms with E-state index in [0.29, 0.717) is 0 Å². The van der Waals surface area contributed by atoms with Gasteiger partial charge in [0.25, 0.3) is 0 Å². The smallest absolute Gasteiger partial charge is 0.247 e. The standard InChI is InChI=1S/C18H21F2NO/c1-2-3-4-12-18(22)21(14-8-5-6-9-14)13-15-16(19)10-7-11-17(15)20/h2-4,7,10-12,14H,5-6,8-9,13H2,1H3/b3-2+,12-4?. The molecule has 0 aliphatic heterocycles. The Morgan fingerprint density at radius 1 is 1.23 bits per heavy atom. The maximum atomic E-state index is 13.9. The molecular formula is C18H21F2NO. The third-order valence-corrected chi connectivity index (χ3v) is 3.98. The van der Waals surface area contributed by atoms with Crippen molar-refractivity contribution >= 4 is 5.91 Å². The van der Waals surface area contributed by atoms with Crippen LogP contribution in [0.15, 0.2) is 42.5 Å². The molecule has 118 valence electrons. The summed E-state index contributed by atoms with van der Waals surface area (Å²) < 4.78 is 27.7. The van der Waals surface area contributed by atoms with Crippen LogP contribution >= 0.6 is 0 Å². The molecule has 0 bridgehead atoms. The van der Waals surface area contributed by atoms with Gasteiger partial charge in [-0.15, -0.1) is 0 Å². The van der Waals surface area contributed by atoms with Gasteiger partial charge in [-0.05, 0) is 31.9 Å². The lowest BCUT2D eigenvalue weighted by Crippen LogP contribution is -2.37. The summed E-state index contributed by atoms with van der Waals surface area (Å²) in [6, 6.07) is 3.85. The van der Waals surface area contributed by atoms with Gasteiger partial charge in [0, 0.05) is 17.7 Å². The minimum absolute atomic E-state index is 0.0256. The van der Waals surface area contributed by atoms with Gasteiger partial charge in [-0.25, -0.2) is 8.78 Å². The Hall–Kier alpha value is -1.97. The van der Waals surface area contributed by atoms with E-state index in [2.05, 4.69) is 0 Å². The Kier molecular flexibility index (Phi) is 5.87. The molecule has 2 rings (SSSR count). The largest absolute Gasteiger partial charge is 0.332 e. The van der Waals surface area contributed by atoms with Crippen LogP contribution in [-0.4, -0.2) is 16.8 Å². The highest BCUT2D eigenvalue weighted by atomic mass is 19.1. The molecule has 0 saturated heterocycles. The summed E-state index contributed by atoms with van der Waals surface area (Å²) in [6.07, 6.45) is 10.6. The maximum Gasteiger partial charge on any atom is 0.247 e. The van der Waals surface area contributed by atoms with Crippen molar-refractivity contribution in [3.8, 4) is 0 Å². The fraction of sp³-hybridized carbons (Fsp3) is 0.389. The lowest BCUT2D eigenvalue weighted by atomic mass is 10.1. The first-order valence-electron chi connectivity index (χ1n) is 7.66. The third-order valence-electron chi connectivity index (χ3n) is 3.98. The van der Waals surface area contributed by atoms with Gasteiger partial charge >= 0.3 is 0 Å². The van der Waals surface area contributed by atoms with Gasteiger partial charge in [-0.1, -0.05) is 37.1 Å². The Labute approximate surface area is 130 Å². The van der Waals surface area contributed by atoms with Crippen molar-refractivity contribution < 1.29 is 13.6 Å². The molecule has 1 aliphatic rings. The maximum absolute atomic E-state index is 13.9. The zero-order valence-corrected chi connectivity index (χ0v) is 12.8. The number of carbonyl (C=O) groups is 1. The van der Waals surface area contributed by atoms with Gasteiger partial charge in [0.1, 0.15) is 11.6 Å². The summed E-state index contributed by atoms with van der Waals surface area (Å²) in [5.74, 6) is -1.41. The number of rotatable bonds is 5. The second-order valence-electron chi connectivity index (χ2n) is 5.49. The highest BCUT2D eigenvalue weighted by Gasteiger charge is 2.27. The third kappa shape index (κ3) is 4.03. The van der Waals surface area contributed by atoms with E-state index >= 15 is 0 Å². The van der Waals surface area contributed by atoms with Crippen LogP contribution in [0.5, 0.6) is 0 Å².